The Morgan fingerprint density at radius 2 is 1.73 bits per heavy atom. The van der Waals surface area contributed by atoms with E-state index in [1.807, 2.05) is 34.9 Å². The minimum absolute atomic E-state index is 0.226. The molecule has 22 heavy (non-hydrogen) atoms. The normalized spacial score (nSPS) is 10.8. The van der Waals surface area contributed by atoms with E-state index in [0.717, 1.165) is 17.5 Å². The highest BCUT2D eigenvalue weighted by atomic mass is 32.2. The lowest BCUT2D eigenvalue weighted by molar-refractivity contribution is 0.476. The molecular formula is C17H17N3OS. The fourth-order valence-electron chi connectivity index (χ4n) is 2.26. The van der Waals surface area contributed by atoms with Crippen LogP contribution in [-0.4, -0.2) is 19.9 Å². The van der Waals surface area contributed by atoms with Crippen LogP contribution >= 0.6 is 11.8 Å². The molecule has 0 amide bonds. The number of para-hydroxylation sites is 1. The Morgan fingerprint density at radius 1 is 1.00 bits per heavy atom. The van der Waals surface area contributed by atoms with Crippen LogP contribution in [0, 0.1) is 0 Å². The second-order valence-electron chi connectivity index (χ2n) is 4.84. The topological polar surface area (TPSA) is 50.9 Å². The average molecular weight is 311 g/mol. The number of hydrogen-bond donors (Lipinski definition) is 1. The molecule has 112 valence electrons. The first kappa shape index (κ1) is 14.7. The van der Waals surface area contributed by atoms with Gasteiger partial charge in [-0.05, 0) is 24.6 Å². The van der Waals surface area contributed by atoms with Crippen molar-refractivity contribution >= 4 is 11.8 Å². The molecule has 2 aromatic carbocycles. The van der Waals surface area contributed by atoms with E-state index in [1.165, 1.54) is 5.56 Å². The highest BCUT2D eigenvalue weighted by Gasteiger charge is 2.15. The summed E-state index contributed by atoms with van der Waals surface area (Å²) in [6, 6.07) is 17.5. The zero-order valence-corrected chi connectivity index (χ0v) is 13.1. The Bertz CT molecular complexity index is 756. The van der Waals surface area contributed by atoms with Gasteiger partial charge in [-0.1, -0.05) is 54.2 Å². The number of aromatic nitrogens is 3. The summed E-state index contributed by atoms with van der Waals surface area (Å²) in [6.45, 7) is 2.81. The van der Waals surface area contributed by atoms with Gasteiger partial charge in [0.2, 0.25) is 0 Å². The van der Waals surface area contributed by atoms with Crippen LogP contribution in [0.3, 0.4) is 0 Å². The SMILES string of the molecule is CCn1c(SCc2ccccc2)nnc1-c1ccccc1O. The van der Waals surface area contributed by atoms with E-state index in [9.17, 15) is 5.11 Å². The van der Waals surface area contributed by atoms with Gasteiger partial charge in [0.25, 0.3) is 0 Å². The largest absolute Gasteiger partial charge is 0.507 e. The van der Waals surface area contributed by atoms with Crippen molar-refractivity contribution in [1.82, 2.24) is 14.8 Å². The summed E-state index contributed by atoms with van der Waals surface area (Å²) in [5.41, 5.74) is 1.96. The molecule has 0 aliphatic heterocycles. The number of phenolic OH excluding ortho intramolecular Hbond substituents is 1. The number of nitrogens with zero attached hydrogens (tertiary/aromatic N) is 3. The summed E-state index contributed by atoms with van der Waals surface area (Å²) >= 11 is 1.65. The van der Waals surface area contributed by atoms with E-state index in [4.69, 9.17) is 0 Å². The number of hydrogen-bond acceptors (Lipinski definition) is 4. The monoisotopic (exact) mass is 311 g/mol. The predicted octanol–water partition coefficient (Wildman–Crippen LogP) is 3.96. The maximum Gasteiger partial charge on any atom is 0.191 e. The lowest BCUT2D eigenvalue weighted by Gasteiger charge is -2.08. The lowest BCUT2D eigenvalue weighted by atomic mass is 10.2. The minimum atomic E-state index is 0.226. The molecule has 5 heteroatoms. The van der Waals surface area contributed by atoms with Crippen molar-refractivity contribution in [3.05, 3.63) is 60.2 Å². The molecule has 0 bridgehead atoms. The van der Waals surface area contributed by atoms with Crippen molar-refractivity contribution in [2.24, 2.45) is 0 Å². The van der Waals surface area contributed by atoms with Crippen LogP contribution in [0.2, 0.25) is 0 Å². The van der Waals surface area contributed by atoms with Gasteiger partial charge in [0, 0.05) is 12.3 Å². The van der Waals surface area contributed by atoms with Crippen LogP contribution in [-0.2, 0) is 12.3 Å². The molecule has 0 aliphatic rings. The molecule has 3 rings (SSSR count). The van der Waals surface area contributed by atoms with Crippen molar-refractivity contribution in [3.63, 3.8) is 0 Å². The van der Waals surface area contributed by atoms with E-state index in [-0.39, 0.29) is 5.75 Å². The van der Waals surface area contributed by atoms with E-state index < -0.39 is 0 Å². The maximum atomic E-state index is 10.0. The average Bonchev–Trinajstić information content (AvgIpc) is 2.97. The van der Waals surface area contributed by atoms with E-state index in [2.05, 4.69) is 29.3 Å². The van der Waals surface area contributed by atoms with Gasteiger partial charge in [0.15, 0.2) is 11.0 Å². The highest BCUT2D eigenvalue weighted by molar-refractivity contribution is 7.98. The third kappa shape index (κ3) is 2.99. The summed E-state index contributed by atoms with van der Waals surface area (Å²) in [5, 5.41) is 19.4. The molecule has 0 atom stereocenters. The van der Waals surface area contributed by atoms with Crippen LogP contribution < -0.4 is 0 Å². The van der Waals surface area contributed by atoms with Crippen molar-refractivity contribution in [2.75, 3.05) is 0 Å². The summed E-state index contributed by atoms with van der Waals surface area (Å²) in [4.78, 5) is 0. The van der Waals surface area contributed by atoms with Crippen molar-refractivity contribution in [3.8, 4) is 17.1 Å². The van der Waals surface area contributed by atoms with Crippen molar-refractivity contribution in [2.45, 2.75) is 24.4 Å². The number of rotatable bonds is 5. The van der Waals surface area contributed by atoms with Gasteiger partial charge in [-0.15, -0.1) is 10.2 Å². The zero-order chi connectivity index (χ0) is 15.4. The minimum Gasteiger partial charge on any atom is -0.507 e. The van der Waals surface area contributed by atoms with Gasteiger partial charge in [-0.3, -0.25) is 0 Å². The Morgan fingerprint density at radius 3 is 2.45 bits per heavy atom. The summed E-state index contributed by atoms with van der Waals surface area (Å²) in [7, 11) is 0. The van der Waals surface area contributed by atoms with Crippen LogP contribution in [0.1, 0.15) is 12.5 Å². The first-order valence-electron chi connectivity index (χ1n) is 7.18. The molecule has 4 nitrogen and oxygen atoms in total. The second-order valence-corrected chi connectivity index (χ2v) is 5.78. The maximum absolute atomic E-state index is 10.0. The van der Waals surface area contributed by atoms with Gasteiger partial charge < -0.3 is 9.67 Å². The molecule has 0 aliphatic carbocycles. The Hall–Kier alpha value is -2.27. The molecule has 0 radical (unpaired) electrons. The highest BCUT2D eigenvalue weighted by Crippen LogP contribution is 2.30. The smallest absolute Gasteiger partial charge is 0.191 e. The zero-order valence-electron chi connectivity index (χ0n) is 12.3. The van der Waals surface area contributed by atoms with Crippen molar-refractivity contribution in [1.29, 1.82) is 0 Å². The van der Waals surface area contributed by atoms with Gasteiger partial charge in [0.1, 0.15) is 5.75 Å². The Labute approximate surface area is 133 Å². The van der Waals surface area contributed by atoms with Crippen LogP contribution in [0.25, 0.3) is 11.4 Å². The number of benzene rings is 2. The molecule has 0 saturated heterocycles. The summed E-state index contributed by atoms with van der Waals surface area (Å²) in [5.74, 6) is 1.78. The molecule has 1 N–H and O–H groups in total. The summed E-state index contributed by atoms with van der Waals surface area (Å²) < 4.78 is 2.03. The third-order valence-electron chi connectivity index (χ3n) is 3.39. The standard InChI is InChI=1S/C17H17N3OS/c1-2-20-16(14-10-6-7-11-15(14)21)18-19-17(20)22-12-13-8-4-3-5-9-13/h3-11,21H,2,12H2,1H3. The quantitative estimate of drug-likeness (QED) is 0.725. The molecule has 0 saturated carbocycles. The lowest BCUT2D eigenvalue weighted by Crippen LogP contribution is -2.00. The van der Waals surface area contributed by atoms with E-state index in [0.29, 0.717) is 11.4 Å². The van der Waals surface area contributed by atoms with Crippen molar-refractivity contribution < 1.29 is 5.11 Å². The molecule has 1 aromatic heterocycles. The van der Waals surface area contributed by atoms with Gasteiger partial charge >= 0.3 is 0 Å². The number of phenols is 1. The fourth-order valence-corrected chi connectivity index (χ4v) is 3.22. The van der Waals surface area contributed by atoms with Crippen LogP contribution in [0.15, 0.2) is 59.8 Å². The molecular weight excluding hydrogens is 294 g/mol. The van der Waals surface area contributed by atoms with Crippen LogP contribution in [0.5, 0.6) is 5.75 Å². The first-order chi connectivity index (χ1) is 10.8. The summed E-state index contributed by atoms with van der Waals surface area (Å²) in [6.07, 6.45) is 0. The van der Waals surface area contributed by atoms with Gasteiger partial charge in [0.05, 0.1) is 5.56 Å². The fraction of sp³-hybridized carbons (Fsp3) is 0.176. The van der Waals surface area contributed by atoms with Gasteiger partial charge in [-0.25, -0.2) is 0 Å². The third-order valence-corrected chi connectivity index (χ3v) is 4.43. The molecule has 0 spiro atoms. The Kier molecular flexibility index (Phi) is 4.44. The number of aromatic hydroxyl groups is 1. The Balaban J connectivity index is 1.86. The number of thioether (sulfide) groups is 1. The van der Waals surface area contributed by atoms with E-state index >= 15 is 0 Å². The van der Waals surface area contributed by atoms with E-state index in [1.54, 1.807) is 23.9 Å². The molecule has 0 fully saturated rings. The van der Waals surface area contributed by atoms with Gasteiger partial charge in [-0.2, -0.15) is 0 Å². The predicted molar refractivity (Wildman–Crippen MR) is 88.8 cm³/mol. The first-order valence-corrected chi connectivity index (χ1v) is 8.16. The second kappa shape index (κ2) is 6.66. The molecule has 3 aromatic rings. The molecule has 0 unspecified atom stereocenters. The molecule has 1 heterocycles. The van der Waals surface area contributed by atoms with Crippen LogP contribution in [0.4, 0.5) is 0 Å².